The molecule has 22 heavy (non-hydrogen) atoms. The number of guanidine groups is 1. The summed E-state index contributed by atoms with van der Waals surface area (Å²) in [5.41, 5.74) is 0. The van der Waals surface area contributed by atoms with Gasteiger partial charge >= 0.3 is 0 Å². The number of rotatable bonds is 5. The summed E-state index contributed by atoms with van der Waals surface area (Å²) in [7, 11) is 1.84. The van der Waals surface area contributed by atoms with Crippen molar-refractivity contribution in [1.82, 2.24) is 25.1 Å². The molecule has 124 valence electrons. The zero-order chi connectivity index (χ0) is 14.7. The Hall–Kier alpha value is -0.830. The highest BCUT2D eigenvalue weighted by atomic mass is 127. The first-order valence-corrected chi connectivity index (χ1v) is 7.95. The minimum atomic E-state index is 0. The molecule has 3 rings (SSSR count). The number of nitrogens with one attached hydrogen (secondary N) is 2. The number of imidazole rings is 1. The van der Waals surface area contributed by atoms with E-state index in [-0.39, 0.29) is 24.0 Å². The molecule has 1 unspecified atom stereocenters. The summed E-state index contributed by atoms with van der Waals surface area (Å²) in [6.07, 6.45) is 7.86. The molecule has 1 aromatic heterocycles. The topological polar surface area (TPSA) is 57.5 Å². The molecular weight excluding hydrogens is 391 g/mol. The minimum Gasteiger partial charge on any atom is -0.355 e. The number of aromatic nitrogens is 2. The largest absolute Gasteiger partial charge is 0.355 e. The molecule has 2 fully saturated rings. The number of nitrogens with zero attached hydrogens (tertiary/aromatic N) is 4. The van der Waals surface area contributed by atoms with Crippen molar-refractivity contribution in [1.29, 1.82) is 0 Å². The molecule has 6 nitrogen and oxygen atoms in total. The fraction of sp³-hybridized carbons (Fsp3) is 0.733. The standard InChI is InChI=1S/C15H26N6.HI/c1-12-17-6-9-20(12)10-7-18-15(16-2)19-13-5-8-21(11-13)14-3-4-14;/h6,9,13-14H,3-5,7-8,10-11H2,1-2H3,(H2,16,18,19);1H. The van der Waals surface area contributed by atoms with Gasteiger partial charge in [-0.25, -0.2) is 4.98 Å². The molecule has 1 saturated carbocycles. The third-order valence-corrected chi connectivity index (χ3v) is 4.42. The van der Waals surface area contributed by atoms with Crippen LogP contribution in [0.1, 0.15) is 25.1 Å². The lowest BCUT2D eigenvalue weighted by molar-refractivity contribution is 0.321. The van der Waals surface area contributed by atoms with Crippen molar-refractivity contribution in [2.45, 2.75) is 44.8 Å². The van der Waals surface area contributed by atoms with Crippen LogP contribution in [0.3, 0.4) is 0 Å². The monoisotopic (exact) mass is 418 g/mol. The Balaban J connectivity index is 0.00000176. The summed E-state index contributed by atoms with van der Waals surface area (Å²) in [6.45, 7) is 6.18. The Morgan fingerprint density at radius 2 is 2.23 bits per heavy atom. The lowest BCUT2D eigenvalue weighted by Crippen LogP contribution is -2.45. The number of aliphatic imine (C=N–C) groups is 1. The van der Waals surface area contributed by atoms with E-state index in [1.807, 2.05) is 26.4 Å². The van der Waals surface area contributed by atoms with Crippen molar-refractivity contribution >= 4 is 29.9 Å². The summed E-state index contributed by atoms with van der Waals surface area (Å²) >= 11 is 0. The number of halogens is 1. The van der Waals surface area contributed by atoms with Crippen molar-refractivity contribution in [3.8, 4) is 0 Å². The second kappa shape index (κ2) is 8.14. The van der Waals surface area contributed by atoms with E-state index in [9.17, 15) is 0 Å². The second-order valence-electron chi connectivity index (χ2n) is 6.02. The van der Waals surface area contributed by atoms with E-state index in [0.717, 1.165) is 37.5 Å². The summed E-state index contributed by atoms with van der Waals surface area (Å²) in [4.78, 5) is 11.2. The molecule has 2 aliphatic rings. The van der Waals surface area contributed by atoms with E-state index >= 15 is 0 Å². The van der Waals surface area contributed by atoms with Crippen LogP contribution in [-0.4, -0.2) is 59.2 Å². The molecule has 0 spiro atoms. The van der Waals surface area contributed by atoms with Crippen LogP contribution >= 0.6 is 24.0 Å². The maximum Gasteiger partial charge on any atom is 0.191 e. The average Bonchev–Trinajstić information content (AvgIpc) is 3.11. The number of likely N-dealkylation sites (tertiary alicyclic amines) is 1. The van der Waals surface area contributed by atoms with Gasteiger partial charge in [-0.15, -0.1) is 24.0 Å². The van der Waals surface area contributed by atoms with Gasteiger partial charge in [0.25, 0.3) is 0 Å². The van der Waals surface area contributed by atoms with Gasteiger partial charge in [0.15, 0.2) is 5.96 Å². The van der Waals surface area contributed by atoms with Crippen LogP contribution in [0.25, 0.3) is 0 Å². The minimum absolute atomic E-state index is 0. The van der Waals surface area contributed by atoms with E-state index in [1.165, 1.54) is 25.8 Å². The molecule has 1 aromatic rings. The van der Waals surface area contributed by atoms with Crippen LogP contribution < -0.4 is 10.6 Å². The highest BCUT2D eigenvalue weighted by Gasteiger charge is 2.34. The zero-order valence-corrected chi connectivity index (χ0v) is 15.8. The van der Waals surface area contributed by atoms with Crippen LogP contribution in [0, 0.1) is 6.92 Å². The van der Waals surface area contributed by atoms with Crippen LogP contribution in [-0.2, 0) is 6.54 Å². The van der Waals surface area contributed by atoms with Gasteiger partial charge in [0, 0.05) is 57.7 Å². The molecule has 1 saturated heterocycles. The Morgan fingerprint density at radius 1 is 1.41 bits per heavy atom. The second-order valence-corrected chi connectivity index (χ2v) is 6.02. The molecular formula is C15H27IN6. The highest BCUT2D eigenvalue weighted by molar-refractivity contribution is 14.0. The van der Waals surface area contributed by atoms with Gasteiger partial charge in [0.05, 0.1) is 0 Å². The summed E-state index contributed by atoms with van der Waals surface area (Å²) in [6, 6.07) is 1.41. The number of hydrogen-bond donors (Lipinski definition) is 2. The first kappa shape index (κ1) is 17.5. The maximum absolute atomic E-state index is 4.33. The van der Waals surface area contributed by atoms with Gasteiger partial charge in [-0.2, -0.15) is 0 Å². The van der Waals surface area contributed by atoms with E-state index in [1.54, 1.807) is 0 Å². The van der Waals surface area contributed by atoms with Crippen LogP contribution in [0.4, 0.5) is 0 Å². The molecule has 7 heteroatoms. The lowest BCUT2D eigenvalue weighted by atomic mass is 10.3. The summed E-state index contributed by atoms with van der Waals surface area (Å²) in [5, 5.41) is 6.94. The maximum atomic E-state index is 4.33. The van der Waals surface area contributed by atoms with Crippen molar-refractivity contribution in [3.05, 3.63) is 18.2 Å². The Bertz CT molecular complexity index is 496. The predicted molar refractivity (Wildman–Crippen MR) is 99.9 cm³/mol. The van der Waals surface area contributed by atoms with Crippen molar-refractivity contribution < 1.29 is 0 Å². The molecule has 2 N–H and O–H groups in total. The molecule has 0 bridgehead atoms. The summed E-state index contributed by atoms with van der Waals surface area (Å²) < 4.78 is 2.14. The normalized spacial score (nSPS) is 22.5. The average molecular weight is 418 g/mol. The first-order valence-electron chi connectivity index (χ1n) is 7.95. The van der Waals surface area contributed by atoms with Crippen LogP contribution in [0.2, 0.25) is 0 Å². The third-order valence-electron chi connectivity index (χ3n) is 4.42. The fourth-order valence-corrected chi connectivity index (χ4v) is 3.00. The van der Waals surface area contributed by atoms with Gasteiger partial charge in [0.1, 0.15) is 5.82 Å². The van der Waals surface area contributed by atoms with E-state index in [4.69, 9.17) is 0 Å². The SMILES string of the molecule is CN=C(NCCn1ccnc1C)NC1CCN(C2CC2)C1.I. The van der Waals surface area contributed by atoms with Crippen LogP contribution in [0.5, 0.6) is 0 Å². The molecule has 1 atom stereocenters. The Labute approximate surface area is 149 Å². The van der Waals surface area contributed by atoms with Gasteiger partial charge in [0.2, 0.25) is 0 Å². The highest BCUT2D eigenvalue weighted by Crippen LogP contribution is 2.29. The Morgan fingerprint density at radius 3 is 2.86 bits per heavy atom. The van der Waals surface area contributed by atoms with Gasteiger partial charge < -0.3 is 15.2 Å². The van der Waals surface area contributed by atoms with Crippen molar-refractivity contribution in [2.75, 3.05) is 26.7 Å². The van der Waals surface area contributed by atoms with E-state index in [0.29, 0.717) is 6.04 Å². The summed E-state index contributed by atoms with van der Waals surface area (Å²) in [5.74, 6) is 1.96. The van der Waals surface area contributed by atoms with Gasteiger partial charge in [-0.3, -0.25) is 9.89 Å². The molecule has 1 aliphatic heterocycles. The number of hydrogen-bond acceptors (Lipinski definition) is 3. The molecule has 2 heterocycles. The molecule has 1 aliphatic carbocycles. The molecule has 0 aromatic carbocycles. The van der Waals surface area contributed by atoms with Crippen molar-refractivity contribution in [2.24, 2.45) is 4.99 Å². The fourth-order valence-electron chi connectivity index (χ4n) is 3.00. The van der Waals surface area contributed by atoms with Crippen molar-refractivity contribution in [3.63, 3.8) is 0 Å². The van der Waals surface area contributed by atoms with E-state index in [2.05, 4.69) is 30.1 Å². The lowest BCUT2D eigenvalue weighted by Gasteiger charge is -2.18. The zero-order valence-electron chi connectivity index (χ0n) is 13.5. The van der Waals surface area contributed by atoms with Crippen LogP contribution in [0.15, 0.2) is 17.4 Å². The third kappa shape index (κ3) is 4.58. The van der Waals surface area contributed by atoms with Gasteiger partial charge in [-0.1, -0.05) is 0 Å². The van der Waals surface area contributed by atoms with Gasteiger partial charge in [-0.05, 0) is 26.2 Å². The van der Waals surface area contributed by atoms with E-state index < -0.39 is 0 Å². The number of aryl methyl sites for hydroxylation is 1. The first-order chi connectivity index (χ1) is 10.3. The smallest absolute Gasteiger partial charge is 0.191 e. The predicted octanol–water partition coefficient (Wildman–Crippen LogP) is 1.21. The molecule has 0 radical (unpaired) electrons. The quantitative estimate of drug-likeness (QED) is 0.429. The molecule has 0 amide bonds. The Kier molecular flexibility index (Phi) is 6.49.